The van der Waals surface area contributed by atoms with Gasteiger partial charge in [-0.05, 0) is 43.8 Å². The van der Waals surface area contributed by atoms with Gasteiger partial charge in [-0.3, -0.25) is 4.99 Å². The van der Waals surface area contributed by atoms with Gasteiger partial charge in [0.15, 0.2) is 5.96 Å². The van der Waals surface area contributed by atoms with Crippen molar-refractivity contribution in [3.63, 3.8) is 0 Å². The van der Waals surface area contributed by atoms with Gasteiger partial charge < -0.3 is 20.4 Å². The monoisotopic (exact) mass is 493 g/mol. The molecule has 2 N–H and O–H groups in total. The van der Waals surface area contributed by atoms with Gasteiger partial charge in [-0.1, -0.05) is 42.5 Å². The molecule has 0 bridgehead atoms. The molecule has 0 aliphatic carbocycles. The second kappa shape index (κ2) is 11.3. The zero-order valence-electron chi connectivity index (χ0n) is 17.1. The second-order valence-electron chi connectivity index (χ2n) is 7.40. The Balaban J connectivity index is 0.00000280. The van der Waals surface area contributed by atoms with Crippen LogP contribution in [0, 0.1) is 0 Å². The largest absolute Gasteiger partial charge is 0.369 e. The minimum absolute atomic E-state index is 0. The predicted molar refractivity (Wildman–Crippen MR) is 130 cm³/mol. The van der Waals surface area contributed by atoms with Crippen LogP contribution >= 0.6 is 24.0 Å². The third-order valence-corrected chi connectivity index (χ3v) is 4.82. The second-order valence-corrected chi connectivity index (χ2v) is 7.40. The summed E-state index contributed by atoms with van der Waals surface area (Å²) in [5.74, 6) is 0.868. The highest BCUT2D eigenvalue weighted by Gasteiger charge is 2.23. The number of benzene rings is 2. The minimum Gasteiger partial charge on any atom is -0.369 e. The van der Waals surface area contributed by atoms with Crippen molar-refractivity contribution in [2.24, 2.45) is 4.99 Å². The first kappa shape index (κ1) is 22.5. The first-order valence-corrected chi connectivity index (χ1v) is 9.64. The van der Waals surface area contributed by atoms with Crippen LogP contribution in [0.4, 0.5) is 5.69 Å². The van der Waals surface area contributed by atoms with E-state index >= 15 is 0 Å². The van der Waals surface area contributed by atoms with Gasteiger partial charge >= 0.3 is 0 Å². The Morgan fingerprint density at radius 3 is 2.57 bits per heavy atom. The molecule has 2 aromatic carbocycles. The molecule has 3 rings (SSSR count). The molecule has 1 unspecified atom stereocenters. The van der Waals surface area contributed by atoms with E-state index in [-0.39, 0.29) is 24.0 Å². The van der Waals surface area contributed by atoms with Gasteiger partial charge in [0.1, 0.15) is 0 Å². The molecule has 1 heterocycles. The molecule has 0 aromatic heterocycles. The fourth-order valence-corrected chi connectivity index (χ4v) is 3.53. The van der Waals surface area contributed by atoms with Crippen LogP contribution in [0.15, 0.2) is 59.6 Å². The number of hydrogen-bond acceptors (Lipinski definition) is 3. The van der Waals surface area contributed by atoms with Gasteiger partial charge in [-0.25, -0.2) is 0 Å². The van der Waals surface area contributed by atoms with E-state index in [4.69, 9.17) is 0 Å². The van der Waals surface area contributed by atoms with Gasteiger partial charge in [-0.2, -0.15) is 0 Å². The molecule has 0 amide bonds. The number of rotatable bonds is 6. The summed E-state index contributed by atoms with van der Waals surface area (Å²) in [6.45, 7) is 3.81. The molecule has 1 saturated heterocycles. The molecule has 6 heteroatoms. The summed E-state index contributed by atoms with van der Waals surface area (Å²) in [5.41, 5.74) is 3.90. The van der Waals surface area contributed by atoms with E-state index in [1.54, 1.807) is 0 Å². The summed E-state index contributed by atoms with van der Waals surface area (Å²) in [7, 11) is 6.02. The Morgan fingerprint density at radius 1 is 1.11 bits per heavy atom. The third kappa shape index (κ3) is 6.67. The number of nitrogens with one attached hydrogen (secondary N) is 2. The smallest absolute Gasteiger partial charge is 0.191 e. The van der Waals surface area contributed by atoms with Crippen LogP contribution in [-0.2, 0) is 13.1 Å². The summed E-state index contributed by atoms with van der Waals surface area (Å²) in [6.07, 6.45) is 1.12. The lowest BCUT2D eigenvalue weighted by Crippen LogP contribution is -2.44. The Hall–Kier alpha value is -1.80. The zero-order chi connectivity index (χ0) is 19.1. The van der Waals surface area contributed by atoms with Crippen molar-refractivity contribution in [2.75, 3.05) is 39.1 Å². The number of hydrogen-bond donors (Lipinski definition) is 2. The van der Waals surface area contributed by atoms with Crippen molar-refractivity contribution >= 4 is 35.6 Å². The SMILES string of the molecule is CN=C(NCc1cccc(CN(C)C)c1)NC1CCN(c2ccccc2)C1.I. The molecule has 28 heavy (non-hydrogen) atoms. The number of nitrogens with zero attached hydrogens (tertiary/aromatic N) is 3. The van der Waals surface area contributed by atoms with Crippen LogP contribution in [0.2, 0.25) is 0 Å². The summed E-state index contributed by atoms with van der Waals surface area (Å²) in [6, 6.07) is 19.7. The Bertz CT molecular complexity index is 748. The fraction of sp³-hybridized carbons (Fsp3) is 0.409. The van der Waals surface area contributed by atoms with Crippen molar-refractivity contribution in [3.8, 4) is 0 Å². The number of para-hydroxylation sites is 1. The molecule has 152 valence electrons. The lowest BCUT2D eigenvalue weighted by Gasteiger charge is -2.20. The van der Waals surface area contributed by atoms with E-state index in [2.05, 4.69) is 94.1 Å². The van der Waals surface area contributed by atoms with Crippen LogP contribution in [0.5, 0.6) is 0 Å². The highest BCUT2D eigenvalue weighted by atomic mass is 127. The van der Waals surface area contributed by atoms with Crippen LogP contribution in [0.3, 0.4) is 0 Å². The first-order valence-electron chi connectivity index (χ1n) is 9.64. The van der Waals surface area contributed by atoms with Gasteiger partial charge in [0.25, 0.3) is 0 Å². The first-order chi connectivity index (χ1) is 13.1. The molecular formula is C22H32IN5. The molecule has 0 saturated carbocycles. The lowest BCUT2D eigenvalue weighted by atomic mass is 10.1. The zero-order valence-corrected chi connectivity index (χ0v) is 19.4. The summed E-state index contributed by atoms with van der Waals surface area (Å²) in [5, 5.41) is 7.03. The average Bonchev–Trinajstić information content (AvgIpc) is 3.14. The molecule has 1 fully saturated rings. The molecular weight excluding hydrogens is 461 g/mol. The summed E-state index contributed by atoms with van der Waals surface area (Å²) < 4.78 is 0. The maximum atomic E-state index is 4.40. The molecule has 2 aromatic rings. The highest BCUT2D eigenvalue weighted by Crippen LogP contribution is 2.19. The highest BCUT2D eigenvalue weighted by molar-refractivity contribution is 14.0. The van der Waals surface area contributed by atoms with E-state index < -0.39 is 0 Å². The molecule has 5 nitrogen and oxygen atoms in total. The number of aliphatic imine (C=N–C) groups is 1. The Labute approximate surface area is 186 Å². The maximum Gasteiger partial charge on any atom is 0.191 e. The van der Waals surface area contributed by atoms with Gasteiger partial charge in [0.2, 0.25) is 0 Å². The quantitative estimate of drug-likeness (QED) is 0.368. The van der Waals surface area contributed by atoms with E-state index in [1.165, 1.54) is 16.8 Å². The van der Waals surface area contributed by atoms with Crippen LogP contribution < -0.4 is 15.5 Å². The van der Waals surface area contributed by atoms with Crippen LogP contribution in [0.25, 0.3) is 0 Å². The fourth-order valence-electron chi connectivity index (χ4n) is 3.53. The van der Waals surface area contributed by atoms with Gasteiger partial charge in [0, 0.05) is 45.0 Å². The van der Waals surface area contributed by atoms with Crippen molar-refractivity contribution in [1.29, 1.82) is 0 Å². The normalized spacial score (nSPS) is 16.8. The summed E-state index contributed by atoms with van der Waals surface area (Å²) in [4.78, 5) is 9.02. The summed E-state index contributed by atoms with van der Waals surface area (Å²) >= 11 is 0. The van der Waals surface area contributed by atoms with Crippen molar-refractivity contribution in [1.82, 2.24) is 15.5 Å². The topological polar surface area (TPSA) is 42.9 Å². The Morgan fingerprint density at radius 2 is 1.86 bits per heavy atom. The van der Waals surface area contributed by atoms with Crippen molar-refractivity contribution in [3.05, 3.63) is 65.7 Å². The molecule has 1 aliphatic rings. The standard InChI is InChI=1S/C22H31N5.HI/c1-23-22(24-15-18-8-7-9-19(14-18)16-26(2)3)25-20-12-13-27(17-20)21-10-5-4-6-11-21;/h4-11,14,20H,12-13,15-17H2,1-3H3,(H2,23,24,25);1H. The third-order valence-electron chi connectivity index (χ3n) is 4.82. The predicted octanol–water partition coefficient (Wildman–Crippen LogP) is 3.31. The minimum atomic E-state index is 0. The molecule has 0 spiro atoms. The van der Waals surface area contributed by atoms with E-state index in [1.807, 2.05) is 7.05 Å². The van der Waals surface area contributed by atoms with Gasteiger partial charge in [0.05, 0.1) is 0 Å². The number of guanidine groups is 1. The van der Waals surface area contributed by atoms with Crippen LogP contribution in [-0.4, -0.2) is 51.1 Å². The lowest BCUT2D eigenvalue weighted by molar-refractivity contribution is 0.402. The van der Waals surface area contributed by atoms with Crippen molar-refractivity contribution < 1.29 is 0 Å². The molecule has 0 radical (unpaired) electrons. The number of anilines is 1. The van der Waals surface area contributed by atoms with E-state index in [0.29, 0.717) is 6.04 Å². The van der Waals surface area contributed by atoms with E-state index in [9.17, 15) is 0 Å². The van der Waals surface area contributed by atoms with Crippen LogP contribution in [0.1, 0.15) is 17.5 Å². The molecule has 1 atom stereocenters. The Kier molecular flexibility index (Phi) is 9.05. The van der Waals surface area contributed by atoms with Crippen molar-refractivity contribution in [2.45, 2.75) is 25.6 Å². The van der Waals surface area contributed by atoms with E-state index in [0.717, 1.165) is 38.6 Å². The number of halogens is 1. The molecule has 1 aliphatic heterocycles. The maximum absolute atomic E-state index is 4.40. The average molecular weight is 493 g/mol. The van der Waals surface area contributed by atoms with Gasteiger partial charge in [-0.15, -0.1) is 24.0 Å².